The predicted octanol–water partition coefficient (Wildman–Crippen LogP) is 2.01. The van der Waals surface area contributed by atoms with Crippen molar-refractivity contribution in [2.75, 3.05) is 11.9 Å². The van der Waals surface area contributed by atoms with Gasteiger partial charge in [-0.2, -0.15) is 4.98 Å². The van der Waals surface area contributed by atoms with Crippen LogP contribution in [-0.2, 0) is 6.42 Å². The van der Waals surface area contributed by atoms with Crippen LogP contribution in [0.3, 0.4) is 0 Å². The van der Waals surface area contributed by atoms with Crippen molar-refractivity contribution < 1.29 is 4.52 Å². The maximum atomic E-state index is 5.13. The highest BCUT2D eigenvalue weighted by Crippen LogP contribution is 2.27. The Morgan fingerprint density at radius 3 is 3.13 bits per heavy atom. The first kappa shape index (κ1) is 8.47. The fraction of sp³-hybridized carbons (Fsp3) is 0.273. The monoisotopic (exact) mass is 201 g/mol. The summed E-state index contributed by atoms with van der Waals surface area (Å²) < 4.78 is 5.13. The van der Waals surface area contributed by atoms with Gasteiger partial charge in [0.15, 0.2) is 5.82 Å². The van der Waals surface area contributed by atoms with Gasteiger partial charge in [-0.1, -0.05) is 5.16 Å². The zero-order chi connectivity index (χ0) is 10.3. The standard InChI is InChI=1S/C11H11N3O/c1-7-13-11(15-14-7)9-2-3-10-8(6-9)4-5-12-10/h2-3,6,12H,4-5H2,1H3. The summed E-state index contributed by atoms with van der Waals surface area (Å²) in [5.74, 6) is 1.27. The van der Waals surface area contributed by atoms with E-state index in [2.05, 4.69) is 27.6 Å². The second-order valence-electron chi connectivity index (χ2n) is 3.70. The highest BCUT2D eigenvalue weighted by molar-refractivity contribution is 5.64. The predicted molar refractivity (Wildman–Crippen MR) is 56.7 cm³/mol. The Morgan fingerprint density at radius 1 is 1.40 bits per heavy atom. The lowest BCUT2D eigenvalue weighted by atomic mass is 10.1. The quantitative estimate of drug-likeness (QED) is 0.766. The lowest BCUT2D eigenvalue weighted by molar-refractivity contribution is 0.425. The van der Waals surface area contributed by atoms with Crippen molar-refractivity contribution in [1.82, 2.24) is 10.1 Å². The molecule has 0 amide bonds. The number of hydrogen-bond acceptors (Lipinski definition) is 4. The Morgan fingerprint density at radius 2 is 2.33 bits per heavy atom. The van der Waals surface area contributed by atoms with Gasteiger partial charge in [-0.15, -0.1) is 0 Å². The van der Waals surface area contributed by atoms with E-state index >= 15 is 0 Å². The molecule has 1 aliphatic rings. The minimum Gasteiger partial charge on any atom is -0.384 e. The molecule has 0 spiro atoms. The van der Waals surface area contributed by atoms with E-state index in [0.717, 1.165) is 18.5 Å². The second-order valence-corrected chi connectivity index (χ2v) is 3.70. The van der Waals surface area contributed by atoms with Crippen molar-refractivity contribution in [2.24, 2.45) is 0 Å². The van der Waals surface area contributed by atoms with E-state index in [1.54, 1.807) is 0 Å². The number of nitrogens with one attached hydrogen (secondary N) is 1. The molecule has 4 heteroatoms. The fourth-order valence-electron chi connectivity index (χ4n) is 1.85. The molecule has 2 aromatic rings. The van der Waals surface area contributed by atoms with Gasteiger partial charge in [0.25, 0.3) is 5.89 Å². The van der Waals surface area contributed by atoms with Gasteiger partial charge in [-0.05, 0) is 37.1 Å². The molecular formula is C11H11N3O. The van der Waals surface area contributed by atoms with Crippen molar-refractivity contribution >= 4 is 5.69 Å². The molecule has 1 aromatic heterocycles. The largest absolute Gasteiger partial charge is 0.384 e. The third-order valence-electron chi connectivity index (χ3n) is 2.59. The average Bonchev–Trinajstić information content (AvgIpc) is 2.84. The summed E-state index contributed by atoms with van der Waals surface area (Å²) in [5, 5.41) is 7.10. The summed E-state index contributed by atoms with van der Waals surface area (Å²) in [6, 6.07) is 6.18. The third kappa shape index (κ3) is 1.38. The molecule has 3 rings (SSSR count). The molecule has 0 radical (unpaired) electrons. The molecule has 1 aliphatic heterocycles. The number of benzene rings is 1. The van der Waals surface area contributed by atoms with E-state index in [1.807, 2.05) is 13.0 Å². The smallest absolute Gasteiger partial charge is 0.257 e. The summed E-state index contributed by atoms with van der Waals surface area (Å²) in [7, 11) is 0. The molecule has 0 atom stereocenters. The minimum absolute atomic E-state index is 0.599. The van der Waals surface area contributed by atoms with Gasteiger partial charge < -0.3 is 9.84 Å². The number of anilines is 1. The molecule has 0 fully saturated rings. The SMILES string of the molecule is Cc1noc(-c2ccc3c(c2)CCN3)n1. The summed E-state index contributed by atoms with van der Waals surface area (Å²) in [6.07, 6.45) is 1.07. The number of rotatable bonds is 1. The first-order valence-electron chi connectivity index (χ1n) is 5.00. The van der Waals surface area contributed by atoms with Crippen molar-refractivity contribution in [3.8, 4) is 11.5 Å². The Balaban J connectivity index is 2.06. The third-order valence-corrected chi connectivity index (χ3v) is 2.59. The van der Waals surface area contributed by atoms with Crippen molar-refractivity contribution in [3.05, 3.63) is 29.6 Å². The van der Waals surface area contributed by atoms with E-state index < -0.39 is 0 Å². The molecule has 0 saturated heterocycles. The first-order chi connectivity index (χ1) is 7.33. The van der Waals surface area contributed by atoms with Gasteiger partial charge in [0.05, 0.1) is 0 Å². The topological polar surface area (TPSA) is 51.0 Å². The number of aromatic nitrogens is 2. The molecule has 76 valence electrons. The van der Waals surface area contributed by atoms with Crippen LogP contribution < -0.4 is 5.32 Å². The average molecular weight is 201 g/mol. The molecule has 0 saturated carbocycles. The van der Waals surface area contributed by atoms with Crippen molar-refractivity contribution in [2.45, 2.75) is 13.3 Å². The van der Waals surface area contributed by atoms with E-state index in [9.17, 15) is 0 Å². The molecule has 4 nitrogen and oxygen atoms in total. The zero-order valence-corrected chi connectivity index (χ0v) is 8.45. The lowest BCUT2D eigenvalue weighted by Crippen LogP contribution is -1.90. The Kier molecular flexibility index (Phi) is 1.74. The normalized spacial score (nSPS) is 13.7. The van der Waals surface area contributed by atoms with Crippen LogP contribution in [0.4, 0.5) is 5.69 Å². The van der Waals surface area contributed by atoms with Gasteiger partial charge in [-0.3, -0.25) is 0 Å². The van der Waals surface area contributed by atoms with Crippen LogP contribution in [0, 0.1) is 6.92 Å². The van der Waals surface area contributed by atoms with Crippen LogP contribution in [0.2, 0.25) is 0 Å². The summed E-state index contributed by atoms with van der Waals surface area (Å²) in [6.45, 7) is 2.84. The van der Waals surface area contributed by atoms with Crippen molar-refractivity contribution in [1.29, 1.82) is 0 Å². The fourth-order valence-corrected chi connectivity index (χ4v) is 1.85. The van der Waals surface area contributed by atoms with E-state index in [1.165, 1.54) is 11.3 Å². The highest BCUT2D eigenvalue weighted by atomic mass is 16.5. The summed E-state index contributed by atoms with van der Waals surface area (Å²) in [5.41, 5.74) is 3.54. The van der Waals surface area contributed by atoms with Crippen LogP contribution in [0.25, 0.3) is 11.5 Å². The van der Waals surface area contributed by atoms with Crippen LogP contribution in [0.15, 0.2) is 22.7 Å². The number of fused-ring (bicyclic) bond motifs is 1. The first-order valence-corrected chi connectivity index (χ1v) is 5.00. The maximum Gasteiger partial charge on any atom is 0.257 e. The van der Waals surface area contributed by atoms with Gasteiger partial charge in [0.1, 0.15) is 0 Å². The maximum absolute atomic E-state index is 5.13. The Hall–Kier alpha value is -1.84. The molecule has 2 heterocycles. The molecule has 1 aromatic carbocycles. The summed E-state index contributed by atoms with van der Waals surface area (Å²) in [4.78, 5) is 4.21. The van der Waals surface area contributed by atoms with Crippen LogP contribution in [0.1, 0.15) is 11.4 Å². The van der Waals surface area contributed by atoms with E-state index in [4.69, 9.17) is 4.52 Å². The van der Waals surface area contributed by atoms with Crippen LogP contribution >= 0.6 is 0 Å². The van der Waals surface area contributed by atoms with E-state index in [-0.39, 0.29) is 0 Å². The van der Waals surface area contributed by atoms with Crippen LogP contribution in [0.5, 0.6) is 0 Å². The number of nitrogens with zero attached hydrogens (tertiary/aromatic N) is 2. The number of aryl methyl sites for hydroxylation is 1. The molecule has 0 unspecified atom stereocenters. The molecule has 1 N–H and O–H groups in total. The zero-order valence-electron chi connectivity index (χ0n) is 8.45. The van der Waals surface area contributed by atoms with Crippen LogP contribution in [-0.4, -0.2) is 16.7 Å². The number of hydrogen-bond donors (Lipinski definition) is 1. The molecular weight excluding hydrogens is 190 g/mol. The van der Waals surface area contributed by atoms with Gasteiger partial charge in [0, 0.05) is 17.8 Å². The highest BCUT2D eigenvalue weighted by Gasteiger charge is 2.13. The second kappa shape index (κ2) is 3.08. The molecule has 15 heavy (non-hydrogen) atoms. The van der Waals surface area contributed by atoms with E-state index in [0.29, 0.717) is 11.7 Å². The minimum atomic E-state index is 0.599. The van der Waals surface area contributed by atoms with Gasteiger partial charge in [0.2, 0.25) is 0 Å². The Bertz CT molecular complexity index is 504. The van der Waals surface area contributed by atoms with Crippen molar-refractivity contribution in [3.63, 3.8) is 0 Å². The lowest BCUT2D eigenvalue weighted by Gasteiger charge is -2.00. The molecule has 0 aliphatic carbocycles. The van der Waals surface area contributed by atoms with Gasteiger partial charge >= 0.3 is 0 Å². The summed E-state index contributed by atoms with van der Waals surface area (Å²) >= 11 is 0. The molecule has 0 bridgehead atoms. The van der Waals surface area contributed by atoms with Gasteiger partial charge in [-0.25, -0.2) is 0 Å². The Labute approximate surface area is 87.3 Å².